The highest BCUT2D eigenvalue weighted by Crippen LogP contribution is 2.21. The highest BCUT2D eigenvalue weighted by atomic mass is 16.3. The average molecular weight is 231 g/mol. The molecule has 17 heavy (non-hydrogen) atoms. The highest BCUT2D eigenvalue weighted by molar-refractivity contribution is 5.53. The number of phenols is 1. The molecule has 0 atom stereocenters. The molecule has 0 saturated carbocycles. The maximum absolute atomic E-state index is 9.33. The molecule has 4 heteroatoms. The van der Waals surface area contributed by atoms with Crippen LogP contribution in [0.5, 0.6) is 5.75 Å². The van der Waals surface area contributed by atoms with Crippen LogP contribution >= 0.6 is 0 Å². The number of hydrogen-bond acceptors (Lipinski definition) is 3. The van der Waals surface area contributed by atoms with Gasteiger partial charge in [-0.15, -0.1) is 0 Å². The van der Waals surface area contributed by atoms with E-state index in [0.717, 1.165) is 23.5 Å². The summed E-state index contributed by atoms with van der Waals surface area (Å²) in [7, 11) is 1.92. The van der Waals surface area contributed by atoms with Crippen LogP contribution in [0.3, 0.4) is 0 Å². The number of nitrogens with one attached hydrogen (secondary N) is 1. The Balaban J connectivity index is 2.10. The SMILES string of the molecule is Cc1cc(O)ccc1NCc1cn(C)nc1C. The summed E-state index contributed by atoms with van der Waals surface area (Å²) < 4.78 is 1.82. The molecule has 1 heterocycles. The molecule has 2 rings (SSSR count). The average Bonchev–Trinajstić information content (AvgIpc) is 2.56. The molecule has 0 saturated heterocycles. The number of aromatic nitrogens is 2. The first-order chi connectivity index (χ1) is 8.06. The zero-order valence-corrected chi connectivity index (χ0v) is 10.4. The van der Waals surface area contributed by atoms with E-state index in [2.05, 4.69) is 10.4 Å². The van der Waals surface area contributed by atoms with Gasteiger partial charge in [0.1, 0.15) is 5.75 Å². The Hall–Kier alpha value is -1.97. The Bertz CT molecular complexity index is 531. The molecule has 1 aromatic heterocycles. The first-order valence-corrected chi connectivity index (χ1v) is 5.59. The summed E-state index contributed by atoms with van der Waals surface area (Å²) in [6, 6.07) is 5.32. The van der Waals surface area contributed by atoms with Gasteiger partial charge in [0, 0.05) is 31.0 Å². The van der Waals surface area contributed by atoms with Crippen molar-refractivity contribution in [3.05, 3.63) is 41.2 Å². The van der Waals surface area contributed by atoms with Crippen LogP contribution in [0.4, 0.5) is 5.69 Å². The maximum atomic E-state index is 9.33. The molecule has 0 fully saturated rings. The molecular formula is C13H17N3O. The minimum Gasteiger partial charge on any atom is -0.508 e. The van der Waals surface area contributed by atoms with Crippen LogP contribution in [0.1, 0.15) is 16.8 Å². The molecule has 0 aliphatic carbocycles. The van der Waals surface area contributed by atoms with Crippen molar-refractivity contribution in [3.63, 3.8) is 0 Å². The summed E-state index contributed by atoms with van der Waals surface area (Å²) in [6.07, 6.45) is 2.01. The Kier molecular flexibility index (Phi) is 3.04. The minimum atomic E-state index is 0.297. The summed E-state index contributed by atoms with van der Waals surface area (Å²) in [6.45, 7) is 4.71. The van der Waals surface area contributed by atoms with E-state index in [1.165, 1.54) is 5.56 Å². The predicted molar refractivity (Wildman–Crippen MR) is 68.1 cm³/mol. The molecule has 2 N–H and O–H groups in total. The second kappa shape index (κ2) is 4.49. The van der Waals surface area contributed by atoms with E-state index in [-0.39, 0.29) is 0 Å². The predicted octanol–water partition coefficient (Wildman–Crippen LogP) is 2.35. The van der Waals surface area contributed by atoms with Gasteiger partial charge in [-0.25, -0.2) is 0 Å². The van der Waals surface area contributed by atoms with Crippen LogP contribution in [0.2, 0.25) is 0 Å². The third-order valence-electron chi connectivity index (χ3n) is 2.79. The lowest BCUT2D eigenvalue weighted by Crippen LogP contribution is -2.01. The lowest BCUT2D eigenvalue weighted by atomic mass is 10.2. The third kappa shape index (κ3) is 2.58. The molecule has 0 bridgehead atoms. The van der Waals surface area contributed by atoms with Crippen molar-refractivity contribution in [3.8, 4) is 5.75 Å². The van der Waals surface area contributed by atoms with Gasteiger partial charge in [-0.05, 0) is 37.6 Å². The number of nitrogens with zero attached hydrogens (tertiary/aromatic N) is 2. The van der Waals surface area contributed by atoms with Gasteiger partial charge in [0.05, 0.1) is 5.69 Å². The van der Waals surface area contributed by atoms with E-state index in [4.69, 9.17) is 0 Å². The molecule has 1 aromatic carbocycles. The monoisotopic (exact) mass is 231 g/mol. The standard InChI is InChI=1S/C13H17N3O/c1-9-6-12(17)4-5-13(9)14-7-11-8-16(3)15-10(11)2/h4-6,8,14,17H,7H2,1-3H3. The molecule has 0 aliphatic heterocycles. The van der Waals surface area contributed by atoms with E-state index >= 15 is 0 Å². The van der Waals surface area contributed by atoms with Gasteiger partial charge in [-0.2, -0.15) is 5.10 Å². The van der Waals surface area contributed by atoms with Gasteiger partial charge < -0.3 is 10.4 Å². The number of rotatable bonds is 3. The van der Waals surface area contributed by atoms with Gasteiger partial charge in [-0.1, -0.05) is 0 Å². The maximum Gasteiger partial charge on any atom is 0.115 e. The summed E-state index contributed by atoms with van der Waals surface area (Å²) in [5, 5.41) is 17.0. The van der Waals surface area contributed by atoms with E-state index < -0.39 is 0 Å². The van der Waals surface area contributed by atoms with Crippen LogP contribution < -0.4 is 5.32 Å². The van der Waals surface area contributed by atoms with Gasteiger partial charge in [0.2, 0.25) is 0 Å². The van der Waals surface area contributed by atoms with Crippen LogP contribution in [0.25, 0.3) is 0 Å². The number of aryl methyl sites for hydroxylation is 3. The van der Waals surface area contributed by atoms with Crippen molar-refractivity contribution in [2.75, 3.05) is 5.32 Å². The lowest BCUT2D eigenvalue weighted by Gasteiger charge is -2.09. The van der Waals surface area contributed by atoms with E-state index in [0.29, 0.717) is 5.75 Å². The second-order valence-electron chi connectivity index (χ2n) is 4.27. The van der Waals surface area contributed by atoms with Gasteiger partial charge in [-0.3, -0.25) is 4.68 Å². The van der Waals surface area contributed by atoms with Crippen molar-refractivity contribution in [1.82, 2.24) is 9.78 Å². The molecule has 0 aliphatic rings. The molecule has 0 amide bonds. The van der Waals surface area contributed by atoms with Crippen molar-refractivity contribution < 1.29 is 5.11 Å². The van der Waals surface area contributed by atoms with E-state index in [1.807, 2.05) is 37.8 Å². The highest BCUT2D eigenvalue weighted by Gasteiger charge is 2.04. The van der Waals surface area contributed by atoms with Crippen molar-refractivity contribution >= 4 is 5.69 Å². The fourth-order valence-corrected chi connectivity index (χ4v) is 1.86. The van der Waals surface area contributed by atoms with Crippen molar-refractivity contribution in [2.24, 2.45) is 7.05 Å². The Morgan fingerprint density at radius 1 is 1.35 bits per heavy atom. The third-order valence-corrected chi connectivity index (χ3v) is 2.79. The van der Waals surface area contributed by atoms with Gasteiger partial charge >= 0.3 is 0 Å². The van der Waals surface area contributed by atoms with Crippen LogP contribution in [0.15, 0.2) is 24.4 Å². The van der Waals surface area contributed by atoms with Crippen molar-refractivity contribution in [1.29, 1.82) is 0 Å². The Morgan fingerprint density at radius 2 is 2.12 bits per heavy atom. The van der Waals surface area contributed by atoms with Crippen molar-refractivity contribution in [2.45, 2.75) is 20.4 Å². The quantitative estimate of drug-likeness (QED) is 0.797. The number of hydrogen-bond donors (Lipinski definition) is 2. The summed E-state index contributed by atoms with van der Waals surface area (Å²) in [5.41, 5.74) is 4.29. The van der Waals surface area contributed by atoms with E-state index in [9.17, 15) is 5.11 Å². The topological polar surface area (TPSA) is 50.1 Å². The minimum absolute atomic E-state index is 0.297. The number of anilines is 1. The second-order valence-corrected chi connectivity index (χ2v) is 4.27. The fraction of sp³-hybridized carbons (Fsp3) is 0.308. The van der Waals surface area contributed by atoms with Crippen LogP contribution in [-0.2, 0) is 13.6 Å². The molecule has 0 radical (unpaired) electrons. The largest absolute Gasteiger partial charge is 0.508 e. The van der Waals surface area contributed by atoms with Gasteiger partial charge in [0.15, 0.2) is 0 Å². The lowest BCUT2D eigenvalue weighted by molar-refractivity contribution is 0.475. The molecule has 90 valence electrons. The zero-order chi connectivity index (χ0) is 12.4. The van der Waals surface area contributed by atoms with Crippen LogP contribution in [0, 0.1) is 13.8 Å². The smallest absolute Gasteiger partial charge is 0.115 e. The Morgan fingerprint density at radius 3 is 2.71 bits per heavy atom. The fourth-order valence-electron chi connectivity index (χ4n) is 1.86. The zero-order valence-electron chi connectivity index (χ0n) is 10.4. The first-order valence-electron chi connectivity index (χ1n) is 5.59. The molecule has 0 unspecified atom stereocenters. The normalized spacial score (nSPS) is 10.5. The molecule has 4 nitrogen and oxygen atoms in total. The Labute approximate surface area is 101 Å². The molecule has 2 aromatic rings. The number of benzene rings is 1. The summed E-state index contributed by atoms with van der Waals surface area (Å²) in [5.74, 6) is 0.297. The summed E-state index contributed by atoms with van der Waals surface area (Å²) >= 11 is 0. The summed E-state index contributed by atoms with van der Waals surface area (Å²) in [4.78, 5) is 0. The molecule has 0 spiro atoms. The van der Waals surface area contributed by atoms with Crippen LogP contribution in [-0.4, -0.2) is 14.9 Å². The molecular weight excluding hydrogens is 214 g/mol. The first kappa shape index (κ1) is 11.5. The number of phenolic OH excluding ortho intramolecular Hbond substituents is 1. The van der Waals surface area contributed by atoms with Gasteiger partial charge in [0.25, 0.3) is 0 Å². The number of aromatic hydroxyl groups is 1. The van der Waals surface area contributed by atoms with E-state index in [1.54, 1.807) is 12.1 Å².